The van der Waals surface area contributed by atoms with Crippen molar-refractivity contribution in [1.29, 1.82) is 0 Å². The molecule has 0 aliphatic heterocycles. The molecule has 0 aromatic heterocycles. The highest BCUT2D eigenvalue weighted by Gasteiger charge is 2.19. The highest BCUT2D eigenvalue weighted by atomic mass is 16.6. The Morgan fingerprint density at radius 2 is 0.673 bits per heavy atom. The Morgan fingerprint density at radius 3 is 1.00 bits per heavy atom. The standard InChI is InChI=1S/C46H88O6/c1-5-8-10-12-14-16-17-18-19-20-21-23-25-30-34-38-45(48)51-41-43(40-50-44(47)37-33-29-24-22-15-13-11-9-6-2)52-46(49)39-35-31-27-26-28-32-36-42(4)7-3/h42-43H,5-41H2,1-4H3/t42?,43-/m0/s1. The van der Waals surface area contributed by atoms with Crippen LogP contribution in [0.25, 0.3) is 0 Å². The molecule has 0 saturated carbocycles. The number of ether oxygens (including phenoxy) is 3. The molecular formula is C46H88O6. The Bertz CT molecular complexity index is 783. The average Bonchev–Trinajstić information content (AvgIpc) is 3.14. The van der Waals surface area contributed by atoms with Crippen LogP contribution in [0.2, 0.25) is 0 Å². The van der Waals surface area contributed by atoms with Crippen LogP contribution in [0.3, 0.4) is 0 Å². The van der Waals surface area contributed by atoms with E-state index in [0.717, 1.165) is 63.7 Å². The predicted molar refractivity (Wildman–Crippen MR) is 220 cm³/mol. The lowest BCUT2D eigenvalue weighted by molar-refractivity contribution is -0.167. The fourth-order valence-electron chi connectivity index (χ4n) is 6.77. The van der Waals surface area contributed by atoms with Crippen LogP contribution in [0, 0.1) is 5.92 Å². The fraction of sp³-hybridized carbons (Fsp3) is 0.935. The molecule has 0 rings (SSSR count). The Morgan fingerprint density at radius 1 is 0.385 bits per heavy atom. The van der Waals surface area contributed by atoms with Crippen molar-refractivity contribution in [2.75, 3.05) is 13.2 Å². The number of rotatable bonds is 41. The van der Waals surface area contributed by atoms with Gasteiger partial charge in [0.1, 0.15) is 13.2 Å². The van der Waals surface area contributed by atoms with E-state index < -0.39 is 6.10 Å². The smallest absolute Gasteiger partial charge is 0.306 e. The molecule has 2 atom stereocenters. The fourth-order valence-corrected chi connectivity index (χ4v) is 6.77. The number of carbonyl (C=O) groups is 3. The van der Waals surface area contributed by atoms with Gasteiger partial charge in [0.15, 0.2) is 6.10 Å². The highest BCUT2D eigenvalue weighted by Crippen LogP contribution is 2.17. The zero-order chi connectivity index (χ0) is 38.2. The van der Waals surface area contributed by atoms with Crippen molar-refractivity contribution in [3.8, 4) is 0 Å². The molecule has 0 amide bonds. The van der Waals surface area contributed by atoms with E-state index in [9.17, 15) is 14.4 Å². The molecule has 0 bridgehead atoms. The van der Waals surface area contributed by atoms with Gasteiger partial charge in [-0.1, -0.05) is 214 Å². The number of esters is 3. The Labute approximate surface area is 323 Å². The molecule has 0 heterocycles. The van der Waals surface area contributed by atoms with E-state index in [1.54, 1.807) is 0 Å². The van der Waals surface area contributed by atoms with Crippen LogP contribution in [0.15, 0.2) is 0 Å². The third-order valence-electron chi connectivity index (χ3n) is 10.7. The van der Waals surface area contributed by atoms with Crippen LogP contribution in [-0.4, -0.2) is 37.2 Å². The average molecular weight is 737 g/mol. The maximum atomic E-state index is 12.7. The molecule has 1 unspecified atom stereocenters. The summed E-state index contributed by atoms with van der Waals surface area (Å²) in [6.45, 7) is 8.95. The van der Waals surface area contributed by atoms with E-state index in [1.165, 1.54) is 148 Å². The second-order valence-corrected chi connectivity index (χ2v) is 15.9. The summed E-state index contributed by atoms with van der Waals surface area (Å²) in [5, 5.41) is 0. The lowest BCUT2D eigenvalue weighted by atomic mass is 10.00. The summed E-state index contributed by atoms with van der Waals surface area (Å²) in [4.78, 5) is 37.6. The summed E-state index contributed by atoms with van der Waals surface area (Å²) in [5.74, 6) is -0.0492. The van der Waals surface area contributed by atoms with E-state index in [4.69, 9.17) is 14.2 Å². The molecule has 0 aliphatic rings. The zero-order valence-electron chi connectivity index (χ0n) is 35.3. The molecule has 0 fully saturated rings. The molecule has 0 aromatic carbocycles. The topological polar surface area (TPSA) is 78.9 Å². The van der Waals surface area contributed by atoms with Crippen LogP contribution in [0.1, 0.15) is 252 Å². The third-order valence-corrected chi connectivity index (χ3v) is 10.7. The molecule has 308 valence electrons. The number of hydrogen-bond acceptors (Lipinski definition) is 6. The first-order valence-corrected chi connectivity index (χ1v) is 22.9. The van der Waals surface area contributed by atoms with Gasteiger partial charge in [0.05, 0.1) is 0 Å². The van der Waals surface area contributed by atoms with Crippen molar-refractivity contribution in [2.24, 2.45) is 5.92 Å². The van der Waals surface area contributed by atoms with E-state index in [0.29, 0.717) is 19.3 Å². The number of carbonyl (C=O) groups excluding carboxylic acids is 3. The van der Waals surface area contributed by atoms with Crippen LogP contribution in [-0.2, 0) is 28.6 Å². The summed E-state index contributed by atoms with van der Waals surface area (Å²) in [6, 6.07) is 0. The highest BCUT2D eigenvalue weighted by molar-refractivity contribution is 5.71. The van der Waals surface area contributed by atoms with Gasteiger partial charge >= 0.3 is 17.9 Å². The maximum Gasteiger partial charge on any atom is 0.306 e. The van der Waals surface area contributed by atoms with Crippen molar-refractivity contribution in [3.63, 3.8) is 0 Å². The quantitative estimate of drug-likeness (QED) is 0.0353. The van der Waals surface area contributed by atoms with E-state index >= 15 is 0 Å². The first-order valence-electron chi connectivity index (χ1n) is 22.9. The monoisotopic (exact) mass is 737 g/mol. The van der Waals surface area contributed by atoms with Crippen molar-refractivity contribution in [1.82, 2.24) is 0 Å². The molecular weight excluding hydrogens is 648 g/mol. The zero-order valence-corrected chi connectivity index (χ0v) is 35.3. The molecule has 52 heavy (non-hydrogen) atoms. The minimum atomic E-state index is -0.759. The lowest BCUT2D eigenvalue weighted by Gasteiger charge is -2.18. The van der Waals surface area contributed by atoms with E-state index in [1.807, 2.05) is 0 Å². The van der Waals surface area contributed by atoms with Gasteiger partial charge < -0.3 is 14.2 Å². The second-order valence-electron chi connectivity index (χ2n) is 15.9. The Kier molecular flexibility index (Phi) is 39.4. The molecule has 0 aromatic rings. The summed E-state index contributed by atoms with van der Waals surface area (Å²) in [6.07, 6.45) is 39.5. The Hall–Kier alpha value is -1.59. The second kappa shape index (κ2) is 40.6. The minimum Gasteiger partial charge on any atom is -0.462 e. The van der Waals surface area contributed by atoms with Crippen molar-refractivity contribution >= 4 is 17.9 Å². The minimum absolute atomic E-state index is 0.0647. The van der Waals surface area contributed by atoms with Crippen LogP contribution < -0.4 is 0 Å². The van der Waals surface area contributed by atoms with Crippen LogP contribution >= 0.6 is 0 Å². The van der Waals surface area contributed by atoms with E-state index in [-0.39, 0.29) is 31.1 Å². The van der Waals surface area contributed by atoms with Crippen LogP contribution in [0.4, 0.5) is 0 Å². The van der Waals surface area contributed by atoms with Gasteiger partial charge in [-0.25, -0.2) is 0 Å². The molecule has 6 nitrogen and oxygen atoms in total. The van der Waals surface area contributed by atoms with Crippen molar-refractivity contribution in [3.05, 3.63) is 0 Å². The Balaban J connectivity index is 4.28. The molecule has 6 heteroatoms. The number of unbranched alkanes of at least 4 members (excludes halogenated alkanes) is 27. The SMILES string of the molecule is CCCCCCCCCCCCCCCCCC(=O)OC[C@H](COC(=O)CCCCCCCCCCC)OC(=O)CCCCCCCCC(C)CC. The van der Waals surface area contributed by atoms with Gasteiger partial charge in [-0.05, 0) is 25.2 Å². The number of hydrogen-bond donors (Lipinski definition) is 0. The predicted octanol–water partition coefficient (Wildman–Crippen LogP) is 14.3. The van der Waals surface area contributed by atoms with Crippen molar-refractivity contribution < 1.29 is 28.6 Å². The largest absolute Gasteiger partial charge is 0.462 e. The summed E-state index contributed by atoms with van der Waals surface area (Å²) in [7, 11) is 0. The molecule has 0 aliphatic carbocycles. The first kappa shape index (κ1) is 50.4. The van der Waals surface area contributed by atoms with Gasteiger partial charge in [-0.3, -0.25) is 14.4 Å². The van der Waals surface area contributed by atoms with Gasteiger partial charge in [0.2, 0.25) is 0 Å². The van der Waals surface area contributed by atoms with Gasteiger partial charge in [-0.15, -0.1) is 0 Å². The maximum absolute atomic E-state index is 12.7. The van der Waals surface area contributed by atoms with Gasteiger partial charge in [0.25, 0.3) is 0 Å². The van der Waals surface area contributed by atoms with Gasteiger partial charge in [0, 0.05) is 19.3 Å². The van der Waals surface area contributed by atoms with Crippen molar-refractivity contribution in [2.45, 2.75) is 259 Å². The molecule has 0 radical (unpaired) electrons. The summed E-state index contributed by atoms with van der Waals surface area (Å²) >= 11 is 0. The molecule has 0 spiro atoms. The van der Waals surface area contributed by atoms with Gasteiger partial charge in [-0.2, -0.15) is 0 Å². The molecule has 0 saturated heterocycles. The lowest BCUT2D eigenvalue weighted by Crippen LogP contribution is -2.30. The summed E-state index contributed by atoms with van der Waals surface area (Å²) in [5.41, 5.74) is 0. The van der Waals surface area contributed by atoms with E-state index in [2.05, 4.69) is 27.7 Å². The van der Waals surface area contributed by atoms with Crippen LogP contribution in [0.5, 0.6) is 0 Å². The third kappa shape index (κ3) is 38.1. The normalized spacial score (nSPS) is 12.5. The first-order chi connectivity index (χ1) is 25.4. The summed E-state index contributed by atoms with van der Waals surface area (Å²) < 4.78 is 16.7. The molecule has 0 N–H and O–H groups in total.